The lowest BCUT2D eigenvalue weighted by molar-refractivity contribution is 0.156. The van der Waals surface area contributed by atoms with E-state index in [1.54, 1.807) is 0 Å². The molecule has 0 radical (unpaired) electrons. The molecule has 0 heteroatoms. The van der Waals surface area contributed by atoms with E-state index in [0.717, 1.165) is 35.5 Å². The average molecular weight is 194 g/mol. The summed E-state index contributed by atoms with van der Waals surface area (Å²) in [5.74, 6) is 5.79. The second-order valence-electron chi connectivity index (χ2n) is 6.71. The molecule has 0 aromatic heterocycles. The Kier molecular flexibility index (Phi) is 2.25. The predicted molar refractivity (Wildman–Crippen MR) is 62.0 cm³/mol. The molecule has 0 N–H and O–H groups in total. The second kappa shape index (κ2) is 3.00. The molecule has 6 atom stereocenters. The summed E-state index contributed by atoms with van der Waals surface area (Å²) in [6.07, 6.45) is 1.49. The zero-order valence-corrected chi connectivity index (χ0v) is 10.7. The summed E-state index contributed by atoms with van der Waals surface area (Å²) in [5, 5.41) is 0. The molecule has 2 fully saturated rings. The zero-order chi connectivity index (χ0) is 10.7. The Morgan fingerprint density at radius 3 is 2.00 bits per heavy atom. The van der Waals surface area contributed by atoms with E-state index in [1.807, 2.05) is 0 Å². The van der Waals surface area contributed by atoms with Crippen molar-refractivity contribution >= 4 is 0 Å². The Hall–Kier alpha value is 0. The van der Waals surface area contributed by atoms with Crippen molar-refractivity contribution in [1.82, 2.24) is 0 Å². The number of fused-ring (bicyclic) bond motifs is 1. The van der Waals surface area contributed by atoms with Crippen LogP contribution in [0.5, 0.6) is 0 Å². The van der Waals surface area contributed by atoms with Crippen LogP contribution >= 0.6 is 0 Å². The molecule has 0 aliphatic heterocycles. The summed E-state index contributed by atoms with van der Waals surface area (Å²) in [6, 6.07) is 0. The summed E-state index contributed by atoms with van der Waals surface area (Å²) in [5.41, 5.74) is 0.573. The molecule has 0 amide bonds. The Morgan fingerprint density at radius 2 is 1.50 bits per heavy atom. The van der Waals surface area contributed by atoms with Crippen molar-refractivity contribution in [2.75, 3.05) is 0 Å². The van der Waals surface area contributed by atoms with Crippen molar-refractivity contribution in [1.29, 1.82) is 0 Å². The first-order chi connectivity index (χ1) is 6.37. The first kappa shape index (κ1) is 10.5. The average Bonchev–Trinajstić information content (AvgIpc) is 2.47. The van der Waals surface area contributed by atoms with Crippen LogP contribution in [0.15, 0.2) is 0 Å². The highest BCUT2D eigenvalue weighted by molar-refractivity contribution is 5.04. The third-order valence-corrected chi connectivity index (χ3v) is 6.21. The number of hydrogen-bond donors (Lipinski definition) is 0. The second-order valence-corrected chi connectivity index (χ2v) is 6.71. The molecule has 0 spiro atoms. The highest BCUT2D eigenvalue weighted by atomic mass is 14.6. The molecule has 0 nitrogen and oxygen atoms in total. The summed E-state index contributed by atoms with van der Waals surface area (Å²) in [6.45, 7) is 14.9. The Balaban J connectivity index is 2.29. The van der Waals surface area contributed by atoms with Gasteiger partial charge in [-0.3, -0.25) is 0 Å². The molecule has 0 saturated heterocycles. The van der Waals surface area contributed by atoms with Crippen LogP contribution in [-0.2, 0) is 0 Å². The molecular formula is C14H26. The zero-order valence-electron chi connectivity index (χ0n) is 10.7. The van der Waals surface area contributed by atoms with Crippen LogP contribution in [0.4, 0.5) is 0 Å². The largest absolute Gasteiger partial charge is 0.0622 e. The molecular weight excluding hydrogens is 168 g/mol. The standard InChI is InChI=1S/C14H26/c1-8-7-12-10(3)14(5,6)11(4)13(12)9(8)2/h8-13H,7H2,1-6H3. The number of hydrogen-bond acceptors (Lipinski definition) is 0. The molecule has 2 rings (SSSR count). The fourth-order valence-electron chi connectivity index (χ4n) is 4.40. The summed E-state index contributed by atoms with van der Waals surface area (Å²) >= 11 is 0. The fraction of sp³-hybridized carbons (Fsp3) is 1.00. The van der Waals surface area contributed by atoms with E-state index in [0.29, 0.717) is 5.41 Å². The van der Waals surface area contributed by atoms with Gasteiger partial charge in [-0.05, 0) is 47.3 Å². The smallest absolute Gasteiger partial charge is 0.0297 e. The maximum Gasteiger partial charge on any atom is -0.0297 e. The van der Waals surface area contributed by atoms with Crippen molar-refractivity contribution in [2.45, 2.75) is 48.0 Å². The maximum atomic E-state index is 2.50. The molecule has 0 bridgehead atoms. The highest BCUT2D eigenvalue weighted by Crippen LogP contribution is 2.62. The fourth-order valence-corrected chi connectivity index (χ4v) is 4.40. The van der Waals surface area contributed by atoms with Crippen molar-refractivity contribution in [3.8, 4) is 0 Å². The van der Waals surface area contributed by atoms with Gasteiger partial charge in [0.25, 0.3) is 0 Å². The normalized spacial score (nSPS) is 56.1. The minimum Gasteiger partial charge on any atom is -0.0622 e. The van der Waals surface area contributed by atoms with E-state index in [-0.39, 0.29) is 0 Å². The minimum atomic E-state index is 0.573. The van der Waals surface area contributed by atoms with Crippen LogP contribution in [0.1, 0.15) is 48.0 Å². The van der Waals surface area contributed by atoms with Gasteiger partial charge in [0.1, 0.15) is 0 Å². The van der Waals surface area contributed by atoms with Crippen molar-refractivity contribution in [3.63, 3.8) is 0 Å². The van der Waals surface area contributed by atoms with E-state index in [4.69, 9.17) is 0 Å². The maximum absolute atomic E-state index is 2.50. The summed E-state index contributed by atoms with van der Waals surface area (Å²) < 4.78 is 0. The monoisotopic (exact) mass is 194 g/mol. The van der Waals surface area contributed by atoms with E-state index in [9.17, 15) is 0 Å². The summed E-state index contributed by atoms with van der Waals surface area (Å²) in [7, 11) is 0. The topological polar surface area (TPSA) is 0 Å². The minimum absolute atomic E-state index is 0.573. The van der Waals surface area contributed by atoms with Gasteiger partial charge in [0.2, 0.25) is 0 Å². The lowest BCUT2D eigenvalue weighted by Crippen LogP contribution is -2.26. The molecule has 82 valence electrons. The van der Waals surface area contributed by atoms with Crippen molar-refractivity contribution in [2.24, 2.45) is 40.9 Å². The van der Waals surface area contributed by atoms with Gasteiger partial charge in [-0.15, -0.1) is 0 Å². The predicted octanol–water partition coefficient (Wildman–Crippen LogP) is 4.21. The third-order valence-electron chi connectivity index (χ3n) is 6.21. The van der Waals surface area contributed by atoms with E-state index in [1.165, 1.54) is 6.42 Å². The highest BCUT2D eigenvalue weighted by Gasteiger charge is 2.56. The SMILES string of the molecule is CC1CC2C(C1C)C(C)C(C)(C)C2C. The van der Waals surface area contributed by atoms with Gasteiger partial charge in [-0.2, -0.15) is 0 Å². The quantitative estimate of drug-likeness (QED) is 0.542. The van der Waals surface area contributed by atoms with E-state index < -0.39 is 0 Å². The first-order valence-corrected chi connectivity index (χ1v) is 6.37. The molecule has 6 unspecified atom stereocenters. The molecule has 2 aliphatic rings. The van der Waals surface area contributed by atoms with Crippen LogP contribution in [0.2, 0.25) is 0 Å². The molecule has 14 heavy (non-hydrogen) atoms. The lowest BCUT2D eigenvalue weighted by Gasteiger charge is -2.33. The molecule has 2 aliphatic carbocycles. The van der Waals surface area contributed by atoms with E-state index in [2.05, 4.69) is 41.5 Å². The van der Waals surface area contributed by atoms with Crippen molar-refractivity contribution < 1.29 is 0 Å². The molecule has 0 aromatic carbocycles. The van der Waals surface area contributed by atoms with Crippen LogP contribution in [0, 0.1) is 40.9 Å². The van der Waals surface area contributed by atoms with E-state index >= 15 is 0 Å². The number of rotatable bonds is 0. The van der Waals surface area contributed by atoms with Crippen LogP contribution in [0.25, 0.3) is 0 Å². The van der Waals surface area contributed by atoms with Gasteiger partial charge in [0, 0.05) is 0 Å². The Bertz CT molecular complexity index is 228. The van der Waals surface area contributed by atoms with Gasteiger partial charge < -0.3 is 0 Å². The lowest BCUT2D eigenvalue weighted by atomic mass is 9.72. The van der Waals surface area contributed by atoms with Crippen LogP contribution in [-0.4, -0.2) is 0 Å². The van der Waals surface area contributed by atoms with Gasteiger partial charge in [-0.25, -0.2) is 0 Å². The summed E-state index contributed by atoms with van der Waals surface area (Å²) in [4.78, 5) is 0. The first-order valence-electron chi connectivity index (χ1n) is 6.37. The Labute approximate surface area is 89.5 Å². The van der Waals surface area contributed by atoms with Crippen LogP contribution in [0.3, 0.4) is 0 Å². The molecule has 0 aromatic rings. The van der Waals surface area contributed by atoms with Gasteiger partial charge in [0.15, 0.2) is 0 Å². The van der Waals surface area contributed by atoms with Gasteiger partial charge >= 0.3 is 0 Å². The van der Waals surface area contributed by atoms with Crippen LogP contribution < -0.4 is 0 Å². The van der Waals surface area contributed by atoms with Gasteiger partial charge in [-0.1, -0.05) is 41.5 Å². The Morgan fingerprint density at radius 1 is 0.929 bits per heavy atom. The third kappa shape index (κ3) is 1.12. The molecule has 2 saturated carbocycles. The molecule has 0 heterocycles. The van der Waals surface area contributed by atoms with Crippen molar-refractivity contribution in [3.05, 3.63) is 0 Å². The van der Waals surface area contributed by atoms with Gasteiger partial charge in [0.05, 0.1) is 0 Å².